The number of nitrogens with zero attached hydrogens (tertiary/aromatic N) is 5. The van der Waals surface area contributed by atoms with Crippen LogP contribution in [0.15, 0.2) is 18.3 Å². The van der Waals surface area contributed by atoms with Crippen molar-refractivity contribution in [3.05, 3.63) is 35.5 Å². The van der Waals surface area contributed by atoms with Crippen LogP contribution in [0.4, 0.5) is 15.9 Å². The Morgan fingerprint density at radius 2 is 2.00 bits per heavy atom. The zero-order chi connectivity index (χ0) is 22.1. The van der Waals surface area contributed by atoms with Crippen molar-refractivity contribution in [3.8, 4) is 0 Å². The number of piperidine rings is 1. The fourth-order valence-electron chi connectivity index (χ4n) is 4.45. The van der Waals surface area contributed by atoms with Crippen LogP contribution in [-0.2, 0) is 29.2 Å². The zero-order valence-electron chi connectivity index (χ0n) is 17.8. The topological polar surface area (TPSA) is 107 Å². The normalized spacial score (nSPS) is 21.9. The molecule has 0 radical (unpaired) electrons. The molecule has 0 spiro atoms. The van der Waals surface area contributed by atoms with Crippen molar-refractivity contribution in [2.24, 2.45) is 0 Å². The Morgan fingerprint density at radius 1 is 1.16 bits per heavy atom. The van der Waals surface area contributed by atoms with Crippen molar-refractivity contribution in [1.29, 1.82) is 0 Å². The number of halogens is 1. The van der Waals surface area contributed by atoms with Gasteiger partial charge in [0, 0.05) is 58.3 Å². The number of hydrogen-bond acceptors (Lipinski definition) is 8. The van der Waals surface area contributed by atoms with Crippen LogP contribution in [-0.4, -0.2) is 70.2 Å². The fourth-order valence-corrected chi connectivity index (χ4v) is 4.45. The van der Waals surface area contributed by atoms with Crippen LogP contribution in [0.1, 0.15) is 24.2 Å². The van der Waals surface area contributed by atoms with Crippen molar-refractivity contribution in [1.82, 2.24) is 30.3 Å². The van der Waals surface area contributed by atoms with Gasteiger partial charge in [-0.25, -0.2) is 9.37 Å². The summed E-state index contributed by atoms with van der Waals surface area (Å²) in [4.78, 5) is 31.8. The van der Waals surface area contributed by atoms with E-state index in [1.165, 1.54) is 18.0 Å². The molecule has 2 amide bonds. The molecule has 5 rings (SSSR count). The monoisotopic (exact) mass is 442 g/mol. The summed E-state index contributed by atoms with van der Waals surface area (Å²) in [6.07, 6.45) is 2.19. The predicted molar refractivity (Wildman–Crippen MR) is 115 cm³/mol. The molecule has 170 valence electrons. The molecule has 3 aliphatic rings. The van der Waals surface area contributed by atoms with Gasteiger partial charge in [-0.15, -0.1) is 0 Å². The second-order valence-electron chi connectivity index (χ2n) is 8.47. The highest BCUT2D eigenvalue weighted by atomic mass is 19.1. The minimum absolute atomic E-state index is 0.264. The van der Waals surface area contributed by atoms with E-state index in [9.17, 15) is 14.0 Å². The summed E-state index contributed by atoms with van der Waals surface area (Å²) in [5.41, 5.74) is 2.73. The maximum absolute atomic E-state index is 14.8. The van der Waals surface area contributed by atoms with E-state index in [4.69, 9.17) is 5.10 Å². The Bertz CT molecular complexity index is 994. The minimum atomic E-state index is -0.562. The average Bonchev–Trinajstić information content (AvgIpc) is 3.19. The number of hydrogen-bond donors (Lipinski definition) is 3. The van der Waals surface area contributed by atoms with Gasteiger partial charge in [0.1, 0.15) is 6.04 Å². The van der Waals surface area contributed by atoms with E-state index in [1.54, 1.807) is 0 Å². The number of imide groups is 1. The summed E-state index contributed by atoms with van der Waals surface area (Å²) in [6.45, 7) is 6.47. The third-order valence-corrected chi connectivity index (χ3v) is 6.18. The molecule has 3 N–H and O–H groups in total. The molecule has 0 aliphatic carbocycles. The van der Waals surface area contributed by atoms with Gasteiger partial charge >= 0.3 is 0 Å². The molecule has 2 aromatic heterocycles. The molecule has 3 aliphatic heterocycles. The number of pyridine rings is 1. The van der Waals surface area contributed by atoms with Crippen LogP contribution in [0.25, 0.3) is 0 Å². The van der Waals surface area contributed by atoms with Crippen LogP contribution in [0, 0.1) is 5.82 Å². The number of amides is 2. The lowest BCUT2D eigenvalue weighted by Gasteiger charge is -2.35. The summed E-state index contributed by atoms with van der Waals surface area (Å²) in [5, 5.41) is 13.3. The van der Waals surface area contributed by atoms with Crippen molar-refractivity contribution in [3.63, 3.8) is 0 Å². The maximum Gasteiger partial charge on any atom is 0.249 e. The second-order valence-corrected chi connectivity index (χ2v) is 8.47. The van der Waals surface area contributed by atoms with Gasteiger partial charge in [-0.05, 0) is 12.5 Å². The van der Waals surface area contributed by atoms with E-state index in [1.807, 2.05) is 4.90 Å². The average molecular weight is 442 g/mol. The standard InChI is InChI=1S/C21H27FN8O2/c22-17-10-14(25-18-1-2-19(31)26-21(18)32)11-24-20(17)29-7-5-28(6-8-29)13-15-9-16-12-23-3-4-30(16)27-15/h9-11,18,23,25H,1-8,12-13H2,(H,26,31,32). The highest BCUT2D eigenvalue weighted by Gasteiger charge is 2.27. The first-order chi connectivity index (χ1) is 15.5. The fraction of sp³-hybridized carbons (Fsp3) is 0.524. The Morgan fingerprint density at radius 3 is 2.75 bits per heavy atom. The van der Waals surface area contributed by atoms with Crippen LogP contribution < -0.4 is 20.9 Å². The van der Waals surface area contributed by atoms with Crippen LogP contribution in [0.2, 0.25) is 0 Å². The molecule has 11 heteroatoms. The van der Waals surface area contributed by atoms with Gasteiger partial charge in [-0.1, -0.05) is 0 Å². The lowest BCUT2D eigenvalue weighted by atomic mass is 10.1. The van der Waals surface area contributed by atoms with E-state index in [-0.39, 0.29) is 12.3 Å². The summed E-state index contributed by atoms with van der Waals surface area (Å²) in [7, 11) is 0. The summed E-state index contributed by atoms with van der Waals surface area (Å²) in [5.74, 6) is -0.778. The Hall–Kier alpha value is -3.05. The van der Waals surface area contributed by atoms with Gasteiger partial charge in [-0.2, -0.15) is 5.10 Å². The zero-order valence-corrected chi connectivity index (χ0v) is 17.8. The van der Waals surface area contributed by atoms with Gasteiger partial charge < -0.3 is 15.5 Å². The smallest absolute Gasteiger partial charge is 0.249 e. The molecule has 1 unspecified atom stereocenters. The molecule has 2 aromatic rings. The molecule has 1 atom stereocenters. The Labute approximate surface area is 185 Å². The van der Waals surface area contributed by atoms with Crippen LogP contribution in [0.5, 0.6) is 0 Å². The van der Waals surface area contributed by atoms with E-state index in [0.717, 1.165) is 45.0 Å². The van der Waals surface area contributed by atoms with Gasteiger partial charge in [0.2, 0.25) is 11.8 Å². The quantitative estimate of drug-likeness (QED) is 0.558. The van der Waals surface area contributed by atoms with Gasteiger partial charge in [0.25, 0.3) is 0 Å². The molecule has 32 heavy (non-hydrogen) atoms. The highest BCUT2D eigenvalue weighted by Crippen LogP contribution is 2.23. The number of carbonyl (C=O) groups excluding carboxylic acids is 2. The number of aromatic nitrogens is 3. The maximum atomic E-state index is 14.8. The predicted octanol–water partition coefficient (Wildman–Crippen LogP) is 0.0597. The summed E-state index contributed by atoms with van der Waals surface area (Å²) >= 11 is 0. The van der Waals surface area contributed by atoms with Gasteiger partial charge in [-0.3, -0.25) is 24.5 Å². The van der Waals surface area contributed by atoms with Gasteiger partial charge in [0.05, 0.1) is 29.8 Å². The second kappa shape index (κ2) is 8.83. The van der Waals surface area contributed by atoms with Crippen LogP contribution >= 0.6 is 0 Å². The minimum Gasteiger partial charge on any atom is -0.372 e. The number of piperazine rings is 1. The third kappa shape index (κ3) is 4.44. The number of anilines is 2. The first-order valence-corrected chi connectivity index (χ1v) is 11.0. The lowest BCUT2D eigenvalue weighted by molar-refractivity contribution is -0.133. The number of rotatable bonds is 5. The molecular formula is C21H27FN8O2. The van der Waals surface area contributed by atoms with Crippen molar-refractivity contribution < 1.29 is 14.0 Å². The first-order valence-electron chi connectivity index (χ1n) is 11.0. The summed E-state index contributed by atoms with van der Waals surface area (Å²) in [6, 6.07) is 2.96. The SMILES string of the molecule is O=C1CCC(Nc2cnc(N3CCN(Cc4cc5n(n4)CCNC5)CC3)c(F)c2)C(=O)N1. The molecule has 0 bridgehead atoms. The molecule has 0 aromatic carbocycles. The van der Waals surface area contributed by atoms with Crippen molar-refractivity contribution >= 4 is 23.3 Å². The van der Waals surface area contributed by atoms with Crippen molar-refractivity contribution in [2.45, 2.75) is 38.5 Å². The largest absolute Gasteiger partial charge is 0.372 e. The lowest BCUT2D eigenvalue weighted by Crippen LogP contribution is -2.47. The Kier molecular flexibility index (Phi) is 5.75. The van der Waals surface area contributed by atoms with E-state index >= 15 is 0 Å². The van der Waals surface area contributed by atoms with Gasteiger partial charge in [0.15, 0.2) is 11.6 Å². The molecule has 10 nitrogen and oxygen atoms in total. The number of fused-ring (bicyclic) bond motifs is 1. The molecule has 5 heterocycles. The molecule has 0 saturated carbocycles. The number of nitrogens with one attached hydrogen (secondary N) is 3. The molecule has 2 fully saturated rings. The van der Waals surface area contributed by atoms with E-state index in [2.05, 4.69) is 36.6 Å². The number of carbonyl (C=O) groups is 2. The third-order valence-electron chi connectivity index (χ3n) is 6.18. The molecule has 2 saturated heterocycles. The van der Waals surface area contributed by atoms with E-state index in [0.29, 0.717) is 31.0 Å². The molecular weight excluding hydrogens is 415 g/mol. The van der Waals surface area contributed by atoms with Crippen LogP contribution in [0.3, 0.4) is 0 Å². The summed E-state index contributed by atoms with van der Waals surface area (Å²) < 4.78 is 16.9. The van der Waals surface area contributed by atoms with E-state index < -0.39 is 17.8 Å². The Balaban J connectivity index is 1.16. The highest BCUT2D eigenvalue weighted by molar-refractivity contribution is 6.01. The van der Waals surface area contributed by atoms with Crippen molar-refractivity contribution in [2.75, 3.05) is 42.9 Å². The first kappa shape index (κ1) is 20.8.